The zero-order chi connectivity index (χ0) is 20.5. The number of nitrogens with one attached hydrogen (secondary N) is 1. The Balaban J connectivity index is 1.43. The van der Waals surface area contributed by atoms with Gasteiger partial charge in [-0.3, -0.25) is 4.79 Å². The predicted octanol–water partition coefficient (Wildman–Crippen LogP) is 4.15. The smallest absolute Gasteiger partial charge is 0.223 e. The minimum absolute atomic E-state index is 0.0820. The Morgan fingerprint density at radius 2 is 1.97 bits per heavy atom. The molecule has 1 aromatic heterocycles. The largest absolute Gasteiger partial charge is 0.382 e. The number of hydrogen-bond donors (Lipinski definition) is 1. The van der Waals surface area contributed by atoms with Crippen molar-refractivity contribution >= 4 is 39.4 Å². The second-order valence-electron chi connectivity index (χ2n) is 6.89. The minimum Gasteiger partial charge on any atom is -0.382 e. The second-order valence-corrected chi connectivity index (χ2v) is 8.90. The highest BCUT2D eigenvalue weighted by Gasteiger charge is 2.25. The molecule has 1 fully saturated rings. The number of aromatic nitrogens is 2. The highest BCUT2D eigenvalue weighted by molar-refractivity contribution is 9.10. The number of carbonyl (C=O) groups is 1. The maximum atomic E-state index is 12.3. The number of ether oxygens (including phenoxy) is 1. The van der Waals surface area contributed by atoms with Crippen LogP contribution in [-0.4, -0.2) is 49.0 Å². The summed E-state index contributed by atoms with van der Waals surface area (Å²) in [4.78, 5) is 15.6. The molecule has 3 rings (SSSR count). The molecule has 0 unspecified atom stereocenters. The van der Waals surface area contributed by atoms with Crippen molar-refractivity contribution in [2.24, 2.45) is 5.92 Å². The van der Waals surface area contributed by atoms with E-state index < -0.39 is 0 Å². The van der Waals surface area contributed by atoms with E-state index in [0.717, 1.165) is 59.2 Å². The van der Waals surface area contributed by atoms with Crippen LogP contribution in [-0.2, 0) is 9.53 Å². The van der Waals surface area contributed by atoms with Crippen LogP contribution in [0.15, 0.2) is 50.8 Å². The quantitative estimate of drug-likeness (QED) is 0.546. The Hall–Kier alpha value is -1.64. The Kier molecular flexibility index (Phi) is 8.76. The summed E-state index contributed by atoms with van der Waals surface area (Å²) in [6, 6.07) is 12.2. The molecule has 0 atom stereocenters. The molecule has 1 saturated heterocycles. The van der Waals surface area contributed by atoms with Crippen molar-refractivity contribution in [1.29, 1.82) is 0 Å². The highest BCUT2D eigenvalue weighted by Crippen LogP contribution is 2.28. The van der Waals surface area contributed by atoms with Gasteiger partial charge in [-0.1, -0.05) is 27.7 Å². The van der Waals surface area contributed by atoms with Crippen molar-refractivity contribution in [2.75, 3.05) is 37.7 Å². The molecular formula is C21H27BrN4O2S. The SMILES string of the molecule is CCOCCCNC(=O)C1CCN(c2ccc(Sc3ccc(Br)cc3)nn2)CC1. The number of hydrogen-bond acceptors (Lipinski definition) is 6. The maximum absolute atomic E-state index is 12.3. The fourth-order valence-electron chi connectivity index (χ4n) is 3.20. The van der Waals surface area contributed by atoms with E-state index in [4.69, 9.17) is 4.74 Å². The molecular weight excluding hydrogens is 452 g/mol. The van der Waals surface area contributed by atoms with Crippen molar-refractivity contribution in [1.82, 2.24) is 15.5 Å². The number of amides is 1. The van der Waals surface area contributed by atoms with Crippen LogP contribution in [0.5, 0.6) is 0 Å². The Bertz CT molecular complexity index is 765. The van der Waals surface area contributed by atoms with Gasteiger partial charge in [0, 0.05) is 48.1 Å². The van der Waals surface area contributed by atoms with Gasteiger partial charge >= 0.3 is 0 Å². The average molecular weight is 479 g/mol. The Morgan fingerprint density at radius 1 is 1.21 bits per heavy atom. The summed E-state index contributed by atoms with van der Waals surface area (Å²) in [7, 11) is 0. The summed E-state index contributed by atoms with van der Waals surface area (Å²) in [6.07, 6.45) is 2.54. The van der Waals surface area contributed by atoms with E-state index >= 15 is 0 Å². The van der Waals surface area contributed by atoms with E-state index in [0.29, 0.717) is 13.2 Å². The first-order chi connectivity index (χ1) is 14.2. The maximum Gasteiger partial charge on any atom is 0.223 e. The van der Waals surface area contributed by atoms with Crippen LogP contribution >= 0.6 is 27.7 Å². The molecule has 29 heavy (non-hydrogen) atoms. The van der Waals surface area contributed by atoms with Gasteiger partial charge in [0.1, 0.15) is 5.03 Å². The molecule has 1 aliphatic rings. The third-order valence-electron chi connectivity index (χ3n) is 4.82. The molecule has 1 aliphatic heterocycles. The van der Waals surface area contributed by atoms with Crippen LogP contribution in [0.25, 0.3) is 0 Å². The molecule has 1 aromatic carbocycles. The standard InChI is InChI=1S/C21H27BrN4O2S/c1-2-28-15-3-12-23-21(27)16-10-13-26(14-11-16)19-8-9-20(25-24-19)29-18-6-4-17(22)5-7-18/h4-9,16H,2-3,10-15H2,1H3,(H,23,27). The number of benzene rings is 1. The van der Waals surface area contributed by atoms with E-state index in [2.05, 4.69) is 48.5 Å². The van der Waals surface area contributed by atoms with Crippen molar-refractivity contribution in [3.63, 3.8) is 0 Å². The van der Waals surface area contributed by atoms with Gasteiger partial charge in [-0.05, 0) is 62.6 Å². The summed E-state index contributed by atoms with van der Waals surface area (Å²) >= 11 is 5.04. The lowest BCUT2D eigenvalue weighted by atomic mass is 9.96. The van der Waals surface area contributed by atoms with Gasteiger partial charge in [0.15, 0.2) is 5.82 Å². The molecule has 8 heteroatoms. The van der Waals surface area contributed by atoms with Crippen LogP contribution in [0.2, 0.25) is 0 Å². The first-order valence-electron chi connectivity index (χ1n) is 10.0. The van der Waals surface area contributed by atoms with E-state index in [1.807, 2.05) is 31.2 Å². The first kappa shape index (κ1) is 22.1. The molecule has 2 heterocycles. The van der Waals surface area contributed by atoms with Gasteiger partial charge in [-0.15, -0.1) is 10.2 Å². The van der Waals surface area contributed by atoms with Crippen molar-refractivity contribution in [3.8, 4) is 0 Å². The summed E-state index contributed by atoms with van der Waals surface area (Å²) < 4.78 is 6.36. The molecule has 1 amide bonds. The summed E-state index contributed by atoms with van der Waals surface area (Å²) in [5, 5.41) is 12.7. The monoisotopic (exact) mass is 478 g/mol. The number of piperidine rings is 1. The fraction of sp³-hybridized carbons (Fsp3) is 0.476. The zero-order valence-electron chi connectivity index (χ0n) is 16.6. The van der Waals surface area contributed by atoms with Crippen LogP contribution in [0, 0.1) is 5.92 Å². The third-order valence-corrected chi connectivity index (χ3v) is 6.28. The number of anilines is 1. The lowest BCUT2D eigenvalue weighted by Gasteiger charge is -2.31. The zero-order valence-corrected chi connectivity index (χ0v) is 19.0. The van der Waals surface area contributed by atoms with Gasteiger partial charge in [-0.25, -0.2) is 0 Å². The van der Waals surface area contributed by atoms with Crippen molar-refractivity contribution < 1.29 is 9.53 Å². The van der Waals surface area contributed by atoms with Crippen LogP contribution in [0.3, 0.4) is 0 Å². The molecule has 2 aromatic rings. The van der Waals surface area contributed by atoms with Crippen molar-refractivity contribution in [2.45, 2.75) is 36.1 Å². The second kappa shape index (κ2) is 11.5. The highest BCUT2D eigenvalue weighted by atomic mass is 79.9. The molecule has 0 bridgehead atoms. The molecule has 156 valence electrons. The predicted molar refractivity (Wildman–Crippen MR) is 119 cm³/mol. The lowest BCUT2D eigenvalue weighted by Crippen LogP contribution is -2.41. The van der Waals surface area contributed by atoms with Gasteiger partial charge in [0.2, 0.25) is 5.91 Å². The molecule has 0 saturated carbocycles. The summed E-state index contributed by atoms with van der Waals surface area (Å²) in [5.74, 6) is 1.12. The molecule has 6 nitrogen and oxygen atoms in total. The van der Waals surface area contributed by atoms with E-state index in [1.165, 1.54) is 0 Å². The third kappa shape index (κ3) is 6.97. The molecule has 1 N–H and O–H groups in total. The molecule has 0 spiro atoms. The van der Waals surface area contributed by atoms with Gasteiger partial charge in [0.25, 0.3) is 0 Å². The van der Waals surface area contributed by atoms with E-state index in [1.54, 1.807) is 11.8 Å². The molecule has 0 aliphatic carbocycles. The average Bonchev–Trinajstić information content (AvgIpc) is 2.76. The molecule has 0 radical (unpaired) electrons. The summed E-state index contributed by atoms with van der Waals surface area (Å²) in [6.45, 7) is 5.73. The van der Waals surface area contributed by atoms with Crippen LogP contribution in [0.4, 0.5) is 5.82 Å². The topological polar surface area (TPSA) is 67.3 Å². The van der Waals surface area contributed by atoms with Crippen LogP contribution in [0.1, 0.15) is 26.2 Å². The minimum atomic E-state index is 0.0820. The lowest BCUT2D eigenvalue weighted by molar-refractivity contribution is -0.125. The van der Waals surface area contributed by atoms with Gasteiger partial charge < -0.3 is 15.0 Å². The normalized spacial score (nSPS) is 14.8. The fourth-order valence-corrected chi connectivity index (χ4v) is 4.20. The van der Waals surface area contributed by atoms with Crippen LogP contribution < -0.4 is 10.2 Å². The number of halogens is 1. The Labute approximate surface area is 184 Å². The number of nitrogens with zero attached hydrogens (tertiary/aromatic N) is 3. The van der Waals surface area contributed by atoms with Gasteiger partial charge in [0.05, 0.1) is 0 Å². The van der Waals surface area contributed by atoms with E-state index in [-0.39, 0.29) is 11.8 Å². The first-order valence-corrected chi connectivity index (χ1v) is 11.6. The number of rotatable bonds is 9. The van der Waals surface area contributed by atoms with Gasteiger partial charge in [-0.2, -0.15) is 0 Å². The Morgan fingerprint density at radius 3 is 2.62 bits per heavy atom. The van der Waals surface area contributed by atoms with E-state index in [9.17, 15) is 4.79 Å². The van der Waals surface area contributed by atoms with Crippen molar-refractivity contribution in [3.05, 3.63) is 40.9 Å². The summed E-state index contributed by atoms with van der Waals surface area (Å²) in [5.41, 5.74) is 0. The number of carbonyl (C=O) groups excluding carboxylic acids is 1.